The summed E-state index contributed by atoms with van der Waals surface area (Å²) in [6.07, 6.45) is 6.63. The van der Waals surface area contributed by atoms with E-state index in [-0.39, 0.29) is 6.10 Å². The Bertz CT molecular complexity index is 353. The highest BCUT2D eigenvalue weighted by Crippen LogP contribution is 2.37. The fraction of sp³-hybridized carbons (Fsp3) is 0.733. The predicted octanol–water partition coefficient (Wildman–Crippen LogP) is 3.39. The second-order valence-corrected chi connectivity index (χ2v) is 13.6. The molecule has 3 atom stereocenters. The summed E-state index contributed by atoms with van der Waals surface area (Å²) in [4.78, 5) is 0. The first-order valence-electron chi connectivity index (χ1n) is 7.46. The minimum atomic E-state index is -2.66. The van der Waals surface area contributed by atoms with Gasteiger partial charge in [0.1, 0.15) is 0 Å². The lowest BCUT2D eigenvalue weighted by Crippen LogP contribution is -2.41. The minimum absolute atomic E-state index is 0.211. The summed E-state index contributed by atoms with van der Waals surface area (Å²) in [5, 5.41) is 0. The van der Waals surface area contributed by atoms with Crippen LogP contribution in [0.2, 0.25) is 19.6 Å². The van der Waals surface area contributed by atoms with Crippen molar-refractivity contribution in [2.45, 2.75) is 38.6 Å². The van der Waals surface area contributed by atoms with Crippen LogP contribution in [0.4, 0.5) is 0 Å². The van der Waals surface area contributed by atoms with Gasteiger partial charge in [-0.3, -0.25) is 0 Å². The minimum Gasteiger partial charge on any atom is -0.414 e. The van der Waals surface area contributed by atoms with Gasteiger partial charge in [-0.05, 0) is 38.2 Å². The number of rotatable bonds is 8. The van der Waals surface area contributed by atoms with Crippen molar-refractivity contribution < 1.29 is 17.7 Å². The van der Waals surface area contributed by atoms with Gasteiger partial charge >= 0.3 is 8.80 Å². The van der Waals surface area contributed by atoms with Gasteiger partial charge in [0, 0.05) is 33.2 Å². The van der Waals surface area contributed by atoms with Gasteiger partial charge in [-0.2, -0.15) is 0 Å². The molecule has 0 aromatic rings. The van der Waals surface area contributed by atoms with Gasteiger partial charge in [0.2, 0.25) is 0 Å². The van der Waals surface area contributed by atoms with Gasteiger partial charge in [0.05, 0.1) is 6.10 Å². The zero-order valence-electron chi connectivity index (χ0n) is 14.2. The largest absolute Gasteiger partial charge is 0.528 e. The van der Waals surface area contributed by atoms with Crippen LogP contribution in [0.25, 0.3) is 0 Å². The second kappa shape index (κ2) is 7.85. The fourth-order valence-electron chi connectivity index (χ4n) is 2.77. The molecule has 1 fully saturated rings. The average Bonchev–Trinajstić information content (AvgIpc) is 2.81. The van der Waals surface area contributed by atoms with E-state index in [0.717, 1.165) is 12.8 Å². The third-order valence-corrected chi connectivity index (χ3v) is 7.16. The smallest absolute Gasteiger partial charge is 0.414 e. The van der Waals surface area contributed by atoms with Crippen LogP contribution < -0.4 is 0 Å². The maximum atomic E-state index is 6.39. The summed E-state index contributed by atoms with van der Waals surface area (Å²) in [6, 6.07) is 0. The molecule has 0 aromatic heterocycles. The molecule has 0 unspecified atom stereocenters. The monoisotopic (exact) mass is 330 g/mol. The molecule has 0 saturated heterocycles. The molecule has 0 aromatic carbocycles. The molecule has 1 aliphatic rings. The zero-order chi connectivity index (χ0) is 16.1. The van der Waals surface area contributed by atoms with E-state index < -0.39 is 17.1 Å². The topological polar surface area (TPSA) is 36.9 Å². The zero-order valence-corrected chi connectivity index (χ0v) is 16.2. The normalized spacial score (nSPS) is 27.4. The summed E-state index contributed by atoms with van der Waals surface area (Å²) >= 11 is 0. The predicted molar refractivity (Wildman–Crippen MR) is 90.6 cm³/mol. The average molecular weight is 331 g/mol. The summed E-state index contributed by atoms with van der Waals surface area (Å²) in [6.45, 7) is 10.6. The van der Waals surface area contributed by atoms with Crippen molar-refractivity contribution in [3.63, 3.8) is 0 Å². The maximum absolute atomic E-state index is 6.39. The van der Waals surface area contributed by atoms with E-state index in [1.807, 2.05) is 11.8 Å². The Balaban J connectivity index is 2.87. The van der Waals surface area contributed by atoms with Crippen molar-refractivity contribution in [2.24, 2.45) is 11.8 Å². The van der Waals surface area contributed by atoms with Crippen molar-refractivity contribution in [2.75, 3.05) is 21.3 Å². The molecule has 21 heavy (non-hydrogen) atoms. The lowest BCUT2D eigenvalue weighted by atomic mass is 10.0. The Morgan fingerprint density at radius 1 is 0.952 bits per heavy atom. The molecule has 4 nitrogen and oxygen atoms in total. The van der Waals surface area contributed by atoms with Gasteiger partial charge in [-0.25, -0.2) is 0 Å². The van der Waals surface area contributed by atoms with Crippen LogP contribution in [-0.4, -0.2) is 44.6 Å². The Labute approximate surface area is 131 Å². The van der Waals surface area contributed by atoms with Crippen LogP contribution in [0.5, 0.6) is 0 Å². The van der Waals surface area contributed by atoms with Gasteiger partial charge in [-0.1, -0.05) is 12.2 Å². The highest BCUT2D eigenvalue weighted by molar-refractivity contribution is 6.69. The molecule has 0 radical (unpaired) electrons. The molecule has 122 valence electrons. The molecule has 1 rings (SSSR count). The molecule has 0 N–H and O–H groups in total. The van der Waals surface area contributed by atoms with E-state index in [0.29, 0.717) is 11.8 Å². The Morgan fingerprint density at radius 2 is 1.48 bits per heavy atom. The Hall–Kier alpha value is -0.246. The van der Waals surface area contributed by atoms with Gasteiger partial charge in [-0.15, -0.1) is 6.58 Å². The lowest BCUT2D eigenvalue weighted by Gasteiger charge is -2.30. The highest BCUT2D eigenvalue weighted by Gasteiger charge is 2.39. The van der Waals surface area contributed by atoms with Gasteiger partial charge in [0.25, 0.3) is 0 Å². The van der Waals surface area contributed by atoms with E-state index >= 15 is 0 Å². The van der Waals surface area contributed by atoms with Crippen LogP contribution in [0.3, 0.4) is 0 Å². The first-order valence-corrected chi connectivity index (χ1v) is 12.7. The maximum Gasteiger partial charge on any atom is 0.528 e. The molecule has 0 heterocycles. The number of hydrogen-bond donors (Lipinski definition) is 0. The van der Waals surface area contributed by atoms with Crippen LogP contribution >= 0.6 is 0 Å². The van der Waals surface area contributed by atoms with E-state index in [4.69, 9.17) is 17.7 Å². The van der Waals surface area contributed by atoms with E-state index in [1.54, 1.807) is 21.3 Å². The van der Waals surface area contributed by atoms with Crippen molar-refractivity contribution in [3.8, 4) is 0 Å². The quantitative estimate of drug-likeness (QED) is 0.505. The van der Waals surface area contributed by atoms with Crippen molar-refractivity contribution in [3.05, 3.63) is 24.4 Å². The van der Waals surface area contributed by atoms with Crippen molar-refractivity contribution in [1.29, 1.82) is 0 Å². The van der Waals surface area contributed by atoms with Crippen LogP contribution in [-0.2, 0) is 17.7 Å². The Kier molecular flexibility index (Phi) is 7.03. The molecular formula is C15H30O4Si2. The lowest BCUT2D eigenvalue weighted by molar-refractivity contribution is 0.135. The molecular weight excluding hydrogens is 300 g/mol. The van der Waals surface area contributed by atoms with Gasteiger partial charge < -0.3 is 17.7 Å². The van der Waals surface area contributed by atoms with E-state index in [9.17, 15) is 0 Å². The fourth-order valence-corrected chi connectivity index (χ4v) is 5.32. The van der Waals surface area contributed by atoms with Crippen molar-refractivity contribution >= 4 is 17.1 Å². The third kappa shape index (κ3) is 5.15. The molecule has 0 amide bonds. The van der Waals surface area contributed by atoms with Crippen LogP contribution in [0.15, 0.2) is 24.4 Å². The van der Waals surface area contributed by atoms with E-state index in [1.165, 1.54) is 0 Å². The van der Waals surface area contributed by atoms with E-state index in [2.05, 4.69) is 32.3 Å². The Morgan fingerprint density at radius 3 is 1.90 bits per heavy atom. The third-order valence-electron chi connectivity index (χ3n) is 3.87. The van der Waals surface area contributed by atoms with Crippen molar-refractivity contribution in [1.82, 2.24) is 0 Å². The first kappa shape index (κ1) is 18.8. The molecule has 0 spiro atoms. The number of hydrogen-bond acceptors (Lipinski definition) is 4. The second-order valence-electron chi connectivity index (χ2n) is 6.41. The molecule has 0 aliphatic heterocycles. The molecule has 1 saturated carbocycles. The molecule has 1 aliphatic carbocycles. The van der Waals surface area contributed by atoms with Gasteiger partial charge in [0.15, 0.2) is 8.32 Å². The van der Waals surface area contributed by atoms with Crippen LogP contribution in [0.1, 0.15) is 12.8 Å². The van der Waals surface area contributed by atoms with Crippen LogP contribution in [0, 0.1) is 11.8 Å². The summed E-state index contributed by atoms with van der Waals surface area (Å²) in [5.41, 5.74) is 1.98. The SMILES string of the molecule is C=C[C@H]1CC[C@@H](/C=C/[Si](OC)(OC)OC)[C@H]1O[Si](C)(C)C. The first-order chi connectivity index (χ1) is 9.80. The summed E-state index contributed by atoms with van der Waals surface area (Å²) < 4.78 is 22.7. The summed E-state index contributed by atoms with van der Waals surface area (Å²) in [7, 11) is 0.635. The highest BCUT2D eigenvalue weighted by atomic mass is 28.4. The standard InChI is InChI=1S/C15H30O4Si2/c1-8-13-9-10-14(15(13)19-20(5,6)7)11-12-21(16-2,17-3)18-4/h8,11-15H,1,9-10H2,2-7H3/b12-11+/t13-,14-,15-/m0/s1. The molecule has 0 bridgehead atoms. The molecule has 6 heteroatoms. The summed E-state index contributed by atoms with van der Waals surface area (Å²) in [5.74, 6) is 0.794.